The third kappa shape index (κ3) is 1.90. The van der Waals surface area contributed by atoms with Gasteiger partial charge in [-0.05, 0) is 30.9 Å². The molecule has 1 aromatic heterocycles. The molecule has 1 heterocycles. The van der Waals surface area contributed by atoms with Crippen molar-refractivity contribution in [2.45, 2.75) is 45.6 Å². The van der Waals surface area contributed by atoms with Crippen LogP contribution in [0.4, 0.5) is 0 Å². The van der Waals surface area contributed by atoms with Crippen LogP contribution in [0.25, 0.3) is 11.0 Å². The molecule has 4 nitrogen and oxygen atoms in total. The highest BCUT2D eigenvalue weighted by Gasteiger charge is 2.29. The molecule has 1 aliphatic carbocycles. The maximum absolute atomic E-state index is 11.5. The largest absolute Gasteiger partial charge is 0.478 e. The van der Waals surface area contributed by atoms with Gasteiger partial charge >= 0.3 is 5.97 Å². The van der Waals surface area contributed by atoms with Crippen molar-refractivity contribution in [3.63, 3.8) is 0 Å². The van der Waals surface area contributed by atoms with Crippen LogP contribution in [0.5, 0.6) is 0 Å². The van der Waals surface area contributed by atoms with Gasteiger partial charge in [0, 0.05) is 12.5 Å². The van der Waals surface area contributed by atoms with E-state index < -0.39 is 5.97 Å². The van der Waals surface area contributed by atoms with Gasteiger partial charge in [0.15, 0.2) is 0 Å². The molecular weight excluding hydrogens is 252 g/mol. The van der Waals surface area contributed by atoms with Gasteiger partial charge in [0.1, 0.15) is 5.82 Å². The molecule has 2 aromatic rings. The number of carboxylic acid groups (broad SMARTS) is 1. The van der Waals surface area contributed by atoms with E-state index in [2.05, 4.69) is 23.4 Å². The molecule has 3 rings (SSSR count). The average molecular weight is 272 g/mol. The molecule has 2 atom stereocenters. The molecular formula is C16H20N2O2. The average Bonchev–Trinajstić information content (AvgIpc) is 3.00. The number of aryl methyl sites for hydroxylation is 1. The molecule has 4 heteroatoms. The van der Waals surface area contributed by atoms with Gasteiger partial charge < -0.3 is 9.67 Å². The number of carboxylic acids is 1. The molecule has 0 saturated heterocycles. The summed E-state index contributed by atoms with van der Waals surface area (Å²) in [6.07, 6.45) is 4.37. The number of para-hydroxylation sites is 1. The summed E-state index contributed by atoms with van der Waals surface area (Å²) in [5, 5.41) is 9.46. The molecule has 2 unspecified atom stereocenters. The maximum Gasteiger partial charge on any atom is 0.337 e. The van der Waals surface area contributed by atoms with Gasteiger partial charge in [0.2, 0.25) is 0 Å². The van der Waals surface area contributed by atoms with Crippen molar-refractivity contribution in [2.75, 3.05) is 0 Å². The standard InChI is InChI=1S/C16H20N2O2/c1-3-14-17-12-8-5-7-11(16(19)20)15(12)18(14)13-9-4-6-10(13)2/h5,7-8,10,13H,3-4,6,9H2,1-2H3,(H,19,20). The van der Waals surface area contributed by atoms with Crippen molar-refractivity contribution in [2.24, 2.45) is 5.92 Å². The first-order chi connectivity index (χ1) is 9.63. The van der Waals surface area contributed by atoms with Crippen molar-refractivity contribution in [3.05, 3.63) is 29.6 Å². The van der Waals surface area contributed by atoms with Crippen LogP contribution in [-0.2, 0) is 6.42 Å². The molecule has 1 saturated carbocycles. The van der Waals surface area contributed by atoms with E-state index in [1.54, 1.807) is 12.1 Å². The Morgan fingerprint density at radius 3 is 2.85 bits per heavy atom. The third-order valence-corrected chi connectivity index (χ3v) is 4.48. The van der Waals surface area contributed by atoms with Crippen LogP contribution in [0.15, 0.2) is 18.2 Å². The number of hydrogen-bond donors (Lipinski definition) is 1. The van der Waals surface area contributed by atoms with Gasteiger partial charge in [-0.3, -0.25) is 0 Å². The fourth-order valence-electron chi connectivity index (χ4n) is 3.49. The summed E-state index contributed by atoms with van der Waals surface area (Å²) in [6.45, 7) is 4.34. The Bertz CT molecular complexity index is 660. The van der Waals surface area contributed by atoms with Crippen LogP contribution in [0.1, 0.15) is 55.3 Å². The lowest BCUT2D eigenvalue weighted by Crippen LogP contribution is -2.16. The van der Waals surface area contributed by atoms with Crippen molar-refractivity contribution in [1.82, 2.24) is 9.55 Å². The van der Waals surface area contributed by atoms with E-state index in [1.165, 1.54) is 12.8 Å². The predicted octanol–water partition coefficient (Wildman–Crippen LogP) is 3.66. The van der Waals surface area contributed by atoms with Crippen LogP contribution >= 0.6 is 0 Å². The Morgan fingerprint density at radius 1 is 1.45 bits per heavy atom. The summed E-state index contributed by atoms with van der Waals surface area (Å²) in [5.74, 6) is 0.719. The van der Waals surface area contributed by atoms with Crippen molar-refractivity contribution >= 4 is 17.0 Å². The Labute approximate surface area is 118 Å². The second-order valence-electron chi connectivity index (χ2n) is 5.71. The first-order valence-corrected chi connectivity index (χ1v) is 7.36. The highest BCUT2D eigenvalue weighted by molar-refractivity contribution is 6.01. The summed E-state index contributed by atoms with van der Waals surface area (Å²) in [7, 11) is 0. The molecule has 1 aliphatic rings. The summed E-state index contributed by atoms with van der Waals surface area (Å²) in [5.41, 5.74) is 1.98. The normalized spacial score (nSPS) is 22.5. The highest BCUT2D eigenvalue weighted by Crippen LogP contribution is 2.39. The molecule has 0 amide bonds. The Hall–Kier alpha value is -1.84. The van der Waals surface area contributed by atoms with Gasteiger partial charge in [-0.1, -0.05) is 26.3 Å². The Balaban J connectivity index is 2.29. The summed E-state index contributed by atoms with van der Waals surface area (Å²) < 4.78 is 2.20. The smallest absolute Gasteiger partial charge is 0.337 e. The molecule has 1 aromatic carbocycles. The lowest BCUT2D eigenvalue weighted by molar-refractivity contribution is 0.0698. The number of aromatic carboxylic acids is 1. The number of hydrogen-bond acceptors (Lipinski definition) is 2. The molecule has 0 bridgehead atoms. The van der Waals surface area contributed by atoms with E-state index in [4.69, 9.17) is 0 Å². The van der Waals surface area contributed by atoms with Crippen molar-refractivity contribution < 1.29 is 9.90 Å². The van der Waals surface area contributed by atoms with E-state index in [-0.39, 0.29) is 0 Å². The monoisotopic (exact) mass is 272 g/mol. The van der Waals surface area contributed by atoms with Crippen LogP contribution in [0, 0.1) is 5.92 Å². The first-order valence-electron chi connectivity index (χ1n) is 7.36. The van der Waals surface area contributed by atoms with E-state index in [9.17, 15) is 9.90 Å². The maximum atomic E-state index is 11.5. The second-order valence-corrected chi connectivity index (χ2v) is 5.71. The highest BCUT2D eigenvalue weighted by atomic mass is 16.4. The summed E-state index contributed by atoms with van der Waals surface area (Å²) >= 11 is 0. The fourth-order valence-corrected chi connectivity index (χ4v) is 3.49. The number of rotatable bonds is 3. The zero-order valence-corrected chi connectivity index (χ0v) is 12.0. The minimum Gasteiger partial charge on any atom is -0.478 e. The minimum atomic E-state index is -0.870. The number of imidazole rings is 1. The molecule has 20 heavy (non-hydrogen) atoms. The van der Waals surface area contributed by atoms with Crippen LogP contribution < -0.4 is 0 Å². The number of carbonyl (C=O) groups is 1. The van der Waals surface area contributed by atoms with E-state index in [0.717, 1.165) is 29.7 Å². The van der Waals surface area contributed by atoms with E-state index in [0.29, 0.717) is 17.5 Å². The molecule has 106 valence electrons. The van der Waals surface area contributed by atoms with Gasteiger partial charge in [-0.2, -0.15) is 0 Å². The fraction of sp³-hybridized carbons (Fsp3) is 0.500. The number of aromatic nitrogens is 2. The number of nitrogens with zero attached hydrogens (tertiary/aromatic N) is 2. The summed E-state index contributed by atoms with van der Waals surface area (Å²) in [4.78, 5) is 16.2. The third-order valence-electron chi connectivity index (χ3n) is 4.48. The number of fused-ring (bicyclic) bond motifs is 1. The van der Waals surface area contributed by atoms with Gasteiger partial charge in [-0.15, -0.1) is 0 Å². The second kappa shape index (κ2) is 4.93. The quantitative estimate of drug-likeness (QED) is 0.927. The predicted molar refractivity (Wildman–Crippen MR) is 78.1 cm³/mol. The van der Waals surface area contributed by atoms with Crippen LogP contribution in [-0.4, -0.2) is 20.6 Å². The first kappa shape index (κ1) is 13.2. The van der Waals surface area contributed by atoms with E-state index >= 15 is 0 Å². The minimum absolute atomic E-state index is 0.369. The topological polar surface area (TPSA) is 55.1 Å². The zero-order chi connectivity index (χ0) is 14.3. The lowest BCUT2D eigenvalue weighted by atomic mass is 10.0. The zero-order valence-electron chi connectivity index (χ0n) is 12.0. The van der Waals surface area contributed by atoms with Gasteiger partial charge in [-0.25, -0.2) is 9.78 Å². The van der Waals surface area contributed by atoms with E-state index in [1.807, 2.05) is 6.07 Å². The molecule has 0 aliphatic heterocycles. The van der Waals surface area contributed by atoms with Crippen LogP contribution in [0.2, 0.25) is 0 Å². The Kier molecular flexibility index (Phi) is 3.24. The Morgan fingerprint density at radius 2 is 2.25 bits per heavy atom. The van der Waals surface area contributed by atoms with Gasteiger partial charge in [0.25, 0.3) is 0 Å². The molecule has 1 fully saturated rings. The SMILES string of the molecule is CCc1nc2cccc(C(=O)O)c2n1C1CCCC1C. The van der Waals surface area contributed by atoms with Gasteiger partial charge in [0.05, 0.1) is 16.6 Å². The van der Waals surface area contributed by atoms with Crippen LogP contribution in [0.3, 0.4) is 0 Å². The molecule has 1 N–H and O–H groups in total. The lowest BCUT2D eigenvalue weighted by Gasteiger charge is -2.21. The number of benzene rings is 1. The molecule has 0 spiro atoms. The van der Waals surface area contributed by atoms with Crippen molar-refractivity contribution in [3.8, 4) is 0 Å². The summed E-state index contributed by atoms with van der Waals surface area (Å²) in [6, 6.07) is 5.76. The van der Waals surface area contributed by atoms with Crippen molar-refractivity contribution in [1.29, 1.82) is 0 Å². The molecule has 0 radical (unpaired) electrons.